The molecule has 0 saturated heterocycles. The zero-order chi connectivity index (χ0) is 17.2. The fourth-order valence-electron chi connectivity index (χ4n) is 2.62. The van der Waals surface area contributed by atoms with Gasteiger partial charge in [-0.2, -0.15) is 0 Å². The molecule has 2 aromatic heterocycles. The van der Waals surface area contributed by atoms with E-state index in [2.05, 4.69) is 10.1 Å². The van der Waals surface area contributed by atoms with E-state index >= 15 is 0 Å². The van der Waals surface area contributed by atoms with Gasteiger partial charge in [0.1, 0.15) is 17.2 Å². The van der Waals surface area contributed by atoms with Gasteiger partial charge in [0.25, 0.3) is 0 Å². The molecule has 0 fully saturated rings. The first-order valence-electron chi connectivity index (χ1n) is 7.75. The van der Waals surface area contributed by atoms with Gasteiger partial charge in [-0.25, -0.2) is 4.68 Å². The number of pyridine rings is 1. The first-order chi connectivity index (χ1) is 12.2. The minimum atomic E-state index is 0.482. The third kappa shape index (κ3) is 2.85. The van der Waals surface area contributed by atoms with E-state index in [1.165, 1.54) is 0 Å². The predicted octanol–water partition coefficient (Wildman–Crippen LogP) is 3.80. The summed E-state index contributed by atoms with van der Waals surface area (Å²) in [5, 5.41) is 5.28. The maximum Gasteiger partial charge on any atom is 0.153 e. The lowest BCUT2D eigenvalue weighted by Crippen LogP contribution is -1.97. The Balaban J connectivity index is 1.60. The molecule has 0 unspecified atom stereocenters. The van der Waals surface area contributed by atoms with Crippen molar-refractivity contribution in [2.24, 2.45) is 0 Å². The van der Waals surface area contributed by atoms with Crippen LogP contribution in [0.5, 0.6) is 17.2 Å². The molecule has 0 aliphatic rings. The molecule has 124 valence electrons. The fraction of sp³-hybridized carbons (Fsp3) is 0.0526. The number of nitrogens with two attached hydrogens (primary N) is 1. The Labute approximate surface area is 144 Å². The Morgan fingerprint density at radius 2 is 1.52 bits per heavy atom. The maximum absolute atomic E-state index is 5.98. The van der Waals surface area contributed by atoms with E-state index in [0.717, 1.165) is 33.8 Å². The van der Waals surface area contributed by atoms with E-state index in [1.807, 2.05) is 54.6 Å². The highest BCUT2D eigenvalue weighted by atomic mass is 16.5. The quantitative estimate of drug-likeness (QED) is 0.615. The molecule has 0 radical (unpaired) electrons. The predicted molar refractivity (Wildman–Crippen MR) is 96.3 cm³/mol. The van der Waals surface area contributed by atoms with Crippen molar-refractivity contribution in [3.63, 3.8) is 0 Å². The second-order valence-electron chi connectivity index (χ2n) is 5.46. The summed E-state index contributed by atoms with van der Waals surface area (Å²) in [4.78, 5) is 4.15. The molecule has 0 aliphatic carbocycles. The van der Waals surface area contributed by atoms with Crippen molar-refractivity contribution in [3.8, 4) is 22.9 Å². The minimum absolute atomic E-state index is 0.482. The molecular formula is C19H16N4O2. The number of ether oxygens (including phenoxy) is 2. The molecule has 0 saturated carbocycles. The van der Waals surface area contributed by atoms with Gasteiger partial charge in [-0.1, -0.05) is 0 Å². The van der Waals surface area contributed by atoms with Crippen LogP contribution < -0.4 is 15.2 Å². The summed E-state index contributed by atoms with van der Waals surface area (Å²) >= 11 is 0. The van der Waals surface area contributed by atoms with Crippen molar-refractivity contribution < 1.29 is 9.47 Å². The number of fused-ring (bicyclic) bond motifs is 1. The number of methoxy groups -OCH3 is 1. The smallest absolute Gasteiger partial charge is 0.153 e. The van der Waals surface area contributed by atoms with Crippen LogP contribution in [0.25, 0.3) is 16.6 Å². The van der Waals surface area contributed by atoms with E-state index in [0.29, 0.717) is 5.82 Å². The standard InChI is InChI=1S/C19H16N4O2/c1-24-14-6-8-16(9-7-14)25-15-4-2-13(3-5-15)23-18-12-21-11-10-17(18)19(20)22-23/h2-12H,1H3,(H2,20,22). The van der Waals surface area contributed by atoms with Crippen molar-refractivity contribution in [2.75, 3.05) is 12.8 Å². The summed E-state index contributed by atoms with van der Waals surface area (Å²) in [6.07, 6.45) is 3.46. The Bertz CT molecular complexity index is 1010. The topological polar surface area (TPSA) is 75.2 Å². The summed E-state index contributed by atoms with van der Waals surface area (Å²) in [5.41, 5.74) is 7.73. The van der Waals surface area contributed by atoms with Crippen LogP contribution in [0.15, 0.2) is 67.0 Å². The fourth-order valence-corrected chi connectivity index (χ4v) is 2.62. The molecule has 2 aromatic carbocycles. The van der Waals surface area contributed by atoms with Gasteiger partial charge in [-0.15, -0.1) is 5.10 Å². The van der Waals surface area contributed by atoms with Crippen molar-refractivity contribution >= 4 is 16.7 Å². The summed E-state index contributed by atoms with van der Waals surface area (Å²) in [6, 6.07) is 16.9. The van der Waals surface area contributed by atoms with Crippen LogP contribution >= 0.6 is 0 Å². The van der Waals surface area contributed by atoms with Crippen molar-refractivity contribution in [1.82, 2.24) is 14.8 Å². The van der Waals surface area contributed by atoms with Gasteiger partial charge in [0.15, 0.2) is 5.82 Å². The molecule has 0 atom stereocenters. The molecule has 0 bridgehead atoms. The number of benzene rings is 2. The van der Waals surface area contributed by atoms with Gasteiger partial charge < -0.3 is 15.2 Å². The average molecular weight is 332 g/mol. The molecule has 0 amide bonds. The highest BCUT2D eigenvalue weighted by Crippen LogP contribution is 2.27. The van der Waals surface area contributed by atoms with E-state index in [1.54, 1.807) is 24.2 Å². The number of hydrogen-bond donors (Lipinski definition) is 1. The maximum atomic E-state index is 5.98. The molecule has 2 heterocycles. The molecule has 6 heteroatoms. The van der Waals surface area contributed by atoms with Crippen molar-refractivity contribution in [1.29, 1.82) is 0 Å². The summed E-state index contributed by atoms with van der Waals surface area (Å²) < 4.78 is 12.8. The number of aromatic nitrogens is 3. The van der Waals surface area contributed by atoms with E-state index in [9.17, 15) is 0 Å². The SMILES string of the molecule is COc1ccc(Oc2ccc(-n3nc(N)c4ccncc43)cc2)cc1. The molecule has 2 N–H and O–H groups in total. The van der Waals surface area contributed by atoms with Crippen molar-refractivity contribution in [3.05, 3.63) is 67.0 Å². The van der Waals surface area contributed by atoms with E-state index in [4.69, 9.17) is 15.2 Å². The van der Waals surface area contributed by atoms with Crippen LogP contribution in [-0.4, -0.2) is 21.9 Å². The third-order valence-electron chi connectivity index (χ3n) is 3.89. The lowest BCUT2D eigenvalue weighted by atomic mass is 10.2. The molecule has 4 aromatic rings. The monoisotopic (exact) mass is 332 g/mol. The van der Waals surface area contributed by atoms with E-state index in [-0.39, 0.29) is 0 Å². The van der Waals surface area contributed by atoms with Gasteiger partial charge in [-0.3, -0.25) is 4.98 Å². The second-order valence-corrected chi connectivity index (χ2v) is 5.46. The number of hydrogen-bond acceptors (Lipinski definition) is 5. The summed E-state index contributed by atoms with van der Waals surface area (Å²) in [7, 11) is 1.63. The zero-order valence-electron chi connectivity index (χ0n) is 13.6. The van der Waals surface area contributed by atoms with Gasteiger partial charge >= 0.3 is 0 Å². The first kappa shape index (κ1) is 15.0. The zero-order valence-corrected chi connectivity index (χ0v) is 13.6. The Kier molecular flexibility index (Phi) is 3.70. The molecule has 6 nitrogen and oxygen atoms in total. The normalized spacial score (nSPS) is 10.8. The van der Waals surface area contributed by atoms with E-state index < -0.39 is 0 Å². The number of rotatable bonds is 4. The van der Waals surface area contributed by atoms with Crippen LogP contribution in [0, 0.1) is 0 Å². The number of anilines is 1. The summed E-state index contributed by atoms with van der Waals surface area (Å²) in [5.74, 6) is 2.75. The van der Waals surface area contributed by atoms with Crippen LogP contribution in [0.2, 0.25) is 0 Å². The molecule has 25 heavy (non-hydrogen) atoms. The second kappa shape index (κ2) is 6.16. The largest absolute Gasteiger partial charge is 0.497 e. The van der Waals surface area contributed by atoms with Crippen LogP contribution in [0.1, 0.15) is 0 Å². The lowest BCUT2D eigenvalue weighted by molar-refractivity contribution is 0.413. The van der Waals surface area contributed by atoms with Gasteiger partial charge in [0, 0.05) is 11.6 Å². The van der Waals surface area contributed by atoms with Gasteiger partial charge in [-0.05, 0) is 54.6 Å². The lowest BCUT2D eigenvalue weighted by Gasteiger charge is -2.08. The summed E-state index contributed by atoms with van der Waals surface area (Å²) in [6.45, 7) is 0. The number of nitrogens with zero attached hydrogens (tertiary/aromatic N) is 3. The minimum Gasteiger partial charge on any atom is -0.497 e. The molecular weight excluding hydrogens is 316 g/mol. The highest BCUT2D eigenvalue weighted by Gasteiger charge is 2.09. The first-order valence-corrected chi connectivity index (χ1v) is 7.75. The van der Waals surface area contributed by atoms with Gasteiger partial charge in [0.2, 0.25) is 0 Å². The highest BCUT2D eigenvalue weighted by molar-refractivity contribution is 5.89. The average Bonchev–Trinajstić information content (AvgIpc) is 3.00. The Morgan fingerprint density at radius 1 is 0.880 bits per heavy atom. The molecule has 0 spiro atoms. The Morgan fingerprint density at radius 3 is 2.20 bits per heavy atom. The van der Waals surface area contributed by atoms with Crippen LogP contribution in [-0.2, 0) is 0 Å². The Hall–Kier alpha value is -3.54. The third-order valence-corrected chi connectivity index (χ3v) is 3.89. The van der Waals surface area contributed by atoms with Crippen LogP contribution in [0.4, 0.5) is 5.82 Å². The van der Waals surface area contributed by atoms with Gasteiger partial charge in [0.05, 0.1) is 24.5 Å². The molecule has 4 rings (SSSR count). The van der Waals surface area contributed by atoms with Crippen LogP contribution in [0.3, 0.4) is 0 Å². The molecule has 0 aliphatic heterocycles. The number of nitrogen functional groups attached to an aromatic ring is 1. The van der Waals surface area contributed by atoms with Crippen molar-refractivity contribution in [2.45, 2.75) is 0 Å².